The third-order valence-corrected chi connectivity index (χ3v) is 4.14. The first-order chi connectivity index (χ1) is 12.2. The lowest BCUT2D eigenvalue weighted by molar-refractivity contribution is 0.102. The Labute approximate surface area is 151 Å². The second-order valence-corrected chi connectivity index (χ2v) is 5.94. The highest BCUT2D eigenvalue weighted by Gasteiger charge is 2.17. The average Bonchev–Trinajstić information content (AvgIpc) is 3.08. The van der Waals surface area contributed by atoms with E-state index >= 15 is 0 Å². The van der Waals surface area contributed by atoms with Crippen molar-refractivity contribution >= 4 is 23.2 Å². The van der Waals surface area contributed by atoms with Crippen LogP contribution in [0, 0.1) is 0 Å². The number of hydrogen-bond acceptors (Lipinski definition) is 4. The molecule has 0 unspecified atom stereocenters. The zero-order valence-corrected chi connectivity index (χ0v) is 14.8. The summed E-state index contributed by atoms with van der Waals surface area (Å²) in [6.45, 7) is 4.02. The Bertz CT molecular complexity index is 763. The minimum Gasteiger partial charge on any atom is -0.493 e. The van der Waals surface area contributed by atoms with Crippen LogP contribution < -0.4 is 14.8 Å². The smallest absolute Gasteiger partial charge is 0.255 e. The number of fused-ring (bicyclic) bond motifs is 1. The molecule has 0 atom stereocenters. The molecule has 1 aliphatic heterocycles. The first-order valence-corrected chi connectivity index (χ1v) is 8.63. The largest absolute Gasteiger partial charge is 0.493 e. The van der Waals surface area contributed by atoms with Crippen molar-refractivity contribution < 1.29 is 19.0 Å². The van der Waals surface area contributed by atoms with Gasteiger partial charge in [-0.1, -0.05) is 17.7 Å². The maximum atomic E-state index is 12.6. The van der Waals surface area contributed by atoms with E-state index in [1.54, 1.807) is 24.3 Å². The van der Waals surface area contributed by atoms with Crippen LogP contribution >= 0.6 is 11.6 Å². The molecule has 0 saturated heterocycles. The summed E-state index contributed by atoms with van der Waals surface area (Å²) in [4.78, 5) is 12.6. The van der Waals surface area contributed by atoms with E-state index in [-0.39, 0.29) is 5.91 Å². The summed E-state index contributed by atoms with van der Waals surface area (Å²) in [5.74, 6) is 1.08. The van der Waals surface area contributed by atoms with Gasteiger partial charge in [-0.2, -0.15) is 0 Å². The van der Waals surface area contributed by atoms with Crippen LogP contribution in [0.2, 0.25) is 5.02 Å². The summed E-state index contributed by atoms with van der Waals surface area (Å²) in [6, 6.07) is 10.7. The summed E-state index contributed by atoms with van der Waals surface area (Å²) < 4.78 is 16.4. The van der Waals surface area contributed by atoms with Crippen molar-refractivity contribution in [3.8, 4) is 11.5 Å². The molecule has 0 spiro atoms. The Kier molecular flexibility index (Phi) is 5.79. The minimum absolute atomic E-state index is 0.216. The van der Waals surface area contributed by atoms with Gasteiger partial charge in [0.1, 0.15) is 12.4 Å². The SMILES string of the molecule is CCOCCOc1c(Cl)cccc1NC(=O)c1ccc2c(c1)CCO2. The maximum absolute atomic E-state index is 12.6. The third-order valence-electron chi connectivity index (χ3n) is 3.85. The fourth-order valence-corrected chi connectivity index (χ4v) is 2.85. The van der Waals surface area contributed by atoms with Gasteiger partial charge in [-0.3, -0.25) is 4.79 Å². The van der Waals surface area contributed by atoms with Crippen molar-refractivity contribution in [2.75, 3.05) is 31.7 Å². The number of amides is 1. The molecule has 5 nitrogen and oxygen atoms in total. The first-order valence-electron chi connectivity index (χ1n) is 8.25. The molecule has 1 amide bonds. The molecule has 0 bridgehead atoms. The second-order valence-electron chi connectivity index (χ2n) is 5.54. The average molecular weight is 362 g/mol. The van der Waals surface area contributed by atoms with E-state index in [0.29, 0.717) is 48.5 Å². The normalized spacial score (nSPS) is 12.4. The molecular formula is C19H20ClNO4. The molecule has 132 valence electrons. The number of carbonyl (C=O) groups excluding carboxylic acids is 1. The molecule has 6 heteroatoms. The number of nitrogens with one attached hydrogen (secondary N) is 1. The van der Waals surface area contributed by atoms with Crippen molar-refractivity contribution in [1.82, 2.24) is 0 Å². The van der Waals surface area contributed by atoms with Gasteiger partial charge >= 0.3 is 0 Å². The predicted octanol–water partition coefficient (Wildman–Crippen LogP) is 3.94. The minimum atomic E-state index is -0.216. The quantitative estimate of drug-likeness (QED) is 0.759. The number of rotatable bonds is 7. The van der Waals surface area contributed by atoms with Crippen LogP contribution in [0.4, 0.5) is 5.69 Å². The summed E-state index contributed by atoms with van der Waals surface area (Å²) in [5, 5.41) is 3.31. The monoisotopic (exact) mass is 361 g/mol. The number of carbonyl (C=O) groups is 1. The molecule has 1 N–H and O–H groups in total. The Hall–Kier alpha value is -2.24. The highest BCUT2D eigenvalue weighted by Crippen LogP contribution is 2.33. The molecular weight excluding hydrogens is 342 g/mol. The highest BCUT2D eigenvalue weighted by molar-refractivity contribution is 6.32. The molecule has 0 aliphatic carbocycles. The molecule has 25 heavy (non-hydrogen) atoms. The molecule has 0 fully saturated rings. The maximum Gasteiger partial charge on any atom is 0.255 e. The molecule has 2 aromatic carbocycles. The number of anilines is 1. The van der Waals surface area contributed by atoms with Gasteiger partial charge in [0.2, 0.25) is 0 Å². The molecule has 0 radical (unpaired) electrons. The van der Waals surface area contributed by atoms with Crippen molar-refractivity contribution in [2.24, 2.45) is 0 Å². The molecule has 1 heterocycles. The van der Waals surface area contributed by atoms with Gasteiger partial charge in [-0.15, -0.1) is 0 Å². The lowest BCUT2D eigenvalue weighted by Gasteiger charge is -2.14. The lowest BCUT2D eigenvalue weighted by atomic mass is 10.1. The molecule has 0 saturated carbocycles. The van der Waals surface area contributed by atoms with Crippen LogP contribution in [-0.2, 0) is 11.2 Å². The molecule has 0 aromatic heterocycles. The van der Waals surface area contributed by atoms with Crippen molar-refractivity contribution in [1.29, 1.82) is 0 Å². The number of ether oxygens (including phenoxy) is 3. The van der Waals surface area contributed by atoms with Crippen LogP contribution in [0.3, 0.4) is 0 Å². The number of hydrogen-bond donors (Lipinski definition) is 1. The number of benzene rings is 2. The Morgan fingerprint density at radius 2 is 2.16 bits per heavy atom. The van der Waals surface area contributed by atoms with Crippen LogP contribution in [0.5, 0.6) is 11.5 Å². The fourth-order valence-electron chi connectivity index (χ4n) is 2.62. The third kappa shape index (κ3) is 4.24. The predicted molar refractivity (Wildman–Crippen MR) is 97.0 cm³/mol. The summed E-state index contributed by atoms with van der Waals surface area (Å²) >= 11 is 6.21. The Balaban J connectivity index is 1.73. The van der Waals surface area contributed by atoms with Crippen LogP contribution in [0.15, 0.2) is 36.4 Å². The second kappa shape index (κ2) is 8.23. The van der Waals surface area contributed by atoms with Gasteiger partial charge in [0.15, 0.2) is 5.75 Å². The van der Waals surface area contributed by atoms with E-state index in [1.165, 1.54) is 0 Å². The van der Waals surface area contributed by atoms with Crippen molar-refractivity contribution in [3.05, 3.63) is 52.5 Å². The van der Waals surface area contributed by atoms with Crippen LogP contribution in [0.25, 0.3) is 0 Å². The zero-order chi connectivity index (χ0) is 17.6. The van der Waals surface area contributed by atoms with E-state index in [1.807, 2.05) is 19.1 Å². The van der Waals surface area contributed by atoms with Gasteiger partial charge in [-0.25, -0.2) is 0 Å². The van der Waals surface area contributed by atoms with Crippen molar-refractivity contribution in [3.63, 3.8) is 0 Å². The number of halogens is 1. The Morgan fingerprint density at radius 3 is 3.00 bits per heavy atom. The summed E-state index contributed by atoms with van der Waals surface area (Å²) in [5.41, 5.74) is 2.15. The molecule has 2 aromatic rings. The van der Waals surface area contributed by atoms with E-state index in [2.05, 4.69) is 5.32 Å². The van der Waals surface area contributed by atoms with Crippen LogP contribution in [0.1, 0.15) is 22.8 Å². The van der Waals surface area contributed by atoms with Crippen LogP contribution in [-0.4, -0.2) is 32.3 Å². The van der Waals surface area contributed by atoms with Gasteiger partial charge in [0.25, 0.3) is 5.91 Å². The Morgan fingerprint density at radius 1 is 1.28 bits per heavy atom. The van der Waals surface area contributed by atoms with Gasteiger partial charge < -0.3 is 19.5 Å². The van der Waals surface area contributed by atoms with E-state index < -0.39 is 0 Å². The van der Waals surface area contributed by atoms with Gasteiger partial charge in [0, 0.05) is 18.6 Å². The van der Waals surface area contributed by atoms with E-state index in [0.717, 1.165) is 17.7 Å². The summed E-state index contributed by atoms with van der Waals surface area (Å²) in [6.07, 6.45) is 0.819. The van der Waals surface area contributed by atoms with E-state index in [4.69, 9.17) is 25.8 Å². The lowest BCUT2D eigenvalue weighted by Crippen LogP contribution is -2.14. The topological polar surface area (TPSA) is 56.8 Å². The van der Waals surface area contributed by atoms with Crippen molar-refractivity contribution in [2.45, 2.75) is 13.3 Å². The van der Waals surface area contributed by atoms with E-state index in [9.17, 15) is 4.79 Å². The first kappa shape index (κ1) is 17.6. The zero-order valence-electron chi connectivity index (χ0n) is 14.0. The number of para-hydroxylation sites is 1. The molecule has 3 rings (SSSR count). The van der Waals surface area contributed by atoms with Gasteiger partial charge in [0.05, 0.1) is 23.9 Å². The summed E-state index contributed by atoms with van der Waals surface area (Å²) in [7, 11) is 0. The molecule has 1 aliphatic rings. The highest BCUT2D eigenvalue weighted by atomic mass is 35.5. The standard InChI is InChI=1S/C19H20ClNO4/c1-2-23-10-11-25-18-15(20)4-3-5-16(18)21-19(22)14-6-7-17-13(12-14)8-9-24-17/h3-7,12H,2,8-11H2,1H3,(H,21,22). The van der Waals surface area contributed by atoms with Gasteiger partial charge in [-0.05, 0) is 42.8 Å². The fraction of sp³-hybridized carbons (Fsp3) is 0.316.